The van der Waals surface area contributed by atoms with E-state index in [1.54, 1.807) is 60.5 Å². The van der Waals surface area contributed by atoms with Crippen LogP contribution in [0.2, 0.25) is 0 Å². The minimum Gasteiger partial charge on any atom is -0.376 e. The third kappa shape index (κ3) is 5.57. The summed E-state index contributed by atoms with van der Waals surface area (Å²) >= 11 is 0. The Morgan fingerprint density at radius 2 is 1.36 bits per heavy atom. The minimum absolute atomic E-state index is 0.00510. The highest BCUT2D eigenvalue weighted by atomic mass is 16.2. The normalized spacial score (nSPS) is 10.1. The van der Waals surface area contributed by atoms with Crippen LogP contribution >= 0.6 is 0 Å². The van der Waals surface area contributed by atoms with E-state index in [4.69, 9.17) is 0 Å². The van der Waals surface area contributed by atoms with E-state index in [1.165, 1.54) is 0 Å². The highest BCUT2D eigenvalue weighted by Gasteiger charge is 2.12. The maximum Gasteiger partial charge on any atom is 0.253 e. The monoisotopic (exact) mass is 382 g/mol. The lowest BCUT2D eigenvalue weighted by atomic mass is 10.1. The summed E-state index contributed by atoms with van der Waals surface area (Å²) in [6.45, 7) is 5.31. The molecule has 0 unspecified atom stereocenters. The quantitative estimate of drug-likeness (QED) is 0.654. The van der Waals surface area contributed by atoms with Crippen molar-refractivity contribution in [2.24, 2.45) is 0 Å². The number of nitrogens with zero attached hydrogens (tertiary/aromatic N) is 1. The highest BCUT2D eigenvalue weighted by molar-refractivity contribution is 5.97. The minimum atomic E-state index is -0.212. The molecule has 0 aliphatic rings. The molecule has 7 nitrogen and oxygen atoms in total. The molecule has 28 heavy (non-hydrogen) atoms. The van der Waals surface area contributed by atoms with Crippen LogP contribution in [0.3, 0.4) is 0 Å². The average molecular weight is 382 g/mol. The van der Waals surface area contributed by atoms with Crippen LogP contribution in [0.5, 0.6) is 0 Å². The zero-order chi connectivity index (χ0) is 20.5. The van der Waals surface area contributed by atoms with Gasteiger partial charge in [0.1, 0.15) is 0 Å². The molecule has 2 rings (SSSR count). The third-order valence-corrected chi connectivity index (χ3v) is 4.29. The summed E-state index contributed by atoms with van der Waals surface area (Å²) in [4.78, 5) is 37.6. The molecule has 0 aliphatic heterocycles. The van der Waals surface area contributed by atoms with Crippen molar-refractivity contribution in [2.75, 3.05) is 37.3 Å². The Labute approximate surface area is 165 Å². The molecule has 3 amide bonds. The summed E-state index contributed by atoms with van der Waals surface area (Å²) in [5, 5.41) is 8.33. The topological polar surface area (TPSA) is 90.5 Å². The second-order valence-electron chi connectivity index (χ2n) is 6.11. The van der Waals surface area contributed by atoms with Crippen LogP contribution in [0.4, 0.5) is 11.4 Å². The molecule has 0 aliphatic carbocycles. The summed E-state index contributed by atoms with van der Waals surface area (Å²) in [5.74, 6) is -0.395. The maximum absolute atomic E-state index is 12.3. The molecule has 7 heteroatoms. The van der Waals surface area contributed by atoms with Crippen LogP contribution in [-0.2, 0) is 4.79 Å². The van der Waals surface area contributed by atoms with E-state index < -0.39 is 0 Å². The van der Waals surface area contributed by atoms with Crippen molar-refractivity contribution < 1.29 is 14.4 Å². The Morgan fingerprint density at radius 1 is 0.821 bits per heavy atom. The Morgan fingerprint density at radius 3 is 1.89 bits per heavy atom. The summed E-state index contributed by atoms with van der Waals surface area (Å²) in [6.07, 6.45) is 0. The van der Waals surface area contributed by atoms with Gasteiger partial charge in [-0.3, -0.25) is 14.4 Å². The summed E-state index contributed by atoms with van der Waals surface area (Å²) in [5.41, 5.74) is 2.51. The van der Waals surface area contributed by atoms with Crippen LogP contribution in [0.25, 0.3) is 0 Å². The van der Waals surface area contributed by atoms with E-state index in [9.17, 15) is 14.4 Å². The zero-order valence-corrected chi connectivity index (χ0v) is 16.4. The Kier molecular flexibility index (Phi) is 7.56. The third-order valence-electron chi connectivity index (χ3n) is 4.29. The number of hydrogen-bond donors (Lipinski definition) is 3. The number of anilines is 2. The number of carbonyl (C=O) groups is 3. The molecule has 0 saturated heterocycles. The van der Waals surface area contributed by atoms with Crippen molar-refractivity contribution in [1.82, 2.24) is 10.2 Å². The number of amides is 3. The molecule has 0 atom stereocenters. The van der Waals surface area contributed by atoms with Crippen molar-refractivity contribution >= 4 is 29.1 Å². The van der Waals surface area contributed by atoms with Gasteiger partial charge in [-0.15, -0.1) is 0 Å². The standard InChI is InChI=1S/C21H26N4O3/c1-4-25(5-2)21(28)16-8-10-17(11-9-16)23-14-19(26)24-18-12-6-15(7-13-18)20(27)22-3/h6-13,23H,4-5,14H2,1-3H3,(H,22,27)(H,24,26). The van der Waals surface area contributed by atoms with Gasteiger partial charge in [0.15, 0.2) is 0 Å². The maximum atomic E-state index is 12.3. The average Bonchev–Trinajstić information content (AvgIpc) is 2.73. The molecule has 0 fully saturated rings. The predicted octanol–water partition coefficient (Wildman–Crippen LogP) is 2.58. The molecular formula is C21H26N4O3. The first-order valence-corrected chi connectivity index (χ1v) is 9.23. The van der Waals surface area contributed by atoms with Gasteiger partial charge in [-0.05, 0) is 62.4 Å². The first-order chi connectivity index (χ1) is 13.5. The molecule has 3 N–H and O–H groups in total. The molecular weight excluding hydrogens is 356 g/mol. The molecule has 0 aromatic heterocycles. The zero-order valence-electron chi connectivity index (χ0n) is 16.4. The van der Waals surface area contributed by atoms with E-state index in [1.807, 2.05) is 13.8 Å². The lowest BCUT2D eigenvalue weighted by molar-refractivity contribution is -0.114. The molecule has 0 spiro atoms. The largest absolute Gasteiger partial charge is 0.376 e. The van der Waals surface area contributed by atoms with E-state index >= 15 is 0 Å². The second-order valence-corrected chi connectivity index (χ2v) is 6.11. The molecule has 0 heterocycles. The smallest absolute Gasteiger partial charge is 0.253 e. The van der Waals surface area contributed by atoms with Crippen LogP contribution in [0, 0.1) is 0 Å². The van der Waals surface area contributed by atoms with Crippen molar-refractivity contribution in [2.45, 2.75) is 13.8 Å². The van der Waals surface area contributed by atoms with E-state index in [0.29, 0.717) is 29.9 Å². The van der Waals surface area contributed by atoms with Gasteiger partial charge < -0.3 is 20.9 Å². The fourth-order valence-corrected chi connectivity index (χ4v) is 2.66. The number of rotatable bonds is 8. The van der Waals surface area contributed by atoms with Crippen molar-refractivity contribution in [3.05, 3.63) is 59.7 Å². The van der Waals surface area contributed by atoms with Gasteiger partial charge in [0.2, 0.25) is 5.91 Å². The van der Waals surface area contributed by atoms with Crippen LogP contribution < -0.4 is 16.0 Å². The van der Waals surface area contributed by atoms with Crippen LogP contribution in [-0.4, -0.2) is 49.3 Å². The molecule has 2 aromatic carbocycles. The van der Waals surface area contributed by atoms with Crippen molar-refractivity contribution in [1.29, 1.82) is 0 Å². The lowest BCUT2D eigenvalue weighted by Gasteiger charge is -2.18. The van der Waals surface area contributed by atoms with Crippen molar-refractivity contribution in [3.8, 4) is 0 Å². The highest BCUT2D eigenvalue weighted by Crippen LogP contribution is 2.12. The van der Waals surface area contributed by atoms with Gasteiger partial charge in [-0.1, -0.05) is 0 Å². The second kappa shape index (κ2) is 10.1. The van der Waals surface area contributed by atoms with Crippen molar-refractivity contribution in [3.63, 3.8) is 0 Å². The summed E-state index contributed by atoms with van der Waals surface area (Å²) in [7, 11) is 1.57. The van der Waals surface area contributed by atoms with Crippen LogP contribution in [0.15, 0.2) is 48.5 Å². The van der Waals surface area contributed by atoms with Crippen LogP contribution in [0.1, 0.15) is 34.6 Å². The number of carbonyl (C=O) groups excluding carboxylic acids is 3. The fourth-order valence-electron chi connectivity index (χ4n) is 2.66. The Hall–Kier alpha value is -3.35. The first-order valence-electron chi connectivity index (χ1n) is 9.23. The lowest BCUT2D eigenvalue weighted by Crippen LogP contribution is -2.30. The van der Waals surface area contributed by atoms with E-state index in [0.717, 1.165) is 5.69 Å². The molecule has 2 aromatic rings. The van der Waals surface area contributed by atoms with Gasteiger partial charge >= 0.3 is 0 Å². The molecule has 0 bridgehead atoms. The van der Waals surface area contributed by atoms with Gasteiger partial charge in [-0.2, -0.15) is 0 Å². The van der Waals surface area contributed by atoms with E-state index in [2.05, 4.69) is 16.0 Å². The summed E-state index contributed by atoms with van der Waals surface area (Å²) < 4.78 is 0. The number of hydrogen-bond acceptors (Lipinski definition) is 4. The predicted molar refractivity (Wildman–Crippen MR) is 111 cm³/mol. The Bertz CT molecular complexity index is 813. The molecule has 0 radical (unpaired) electrons. The van der Waals surface area contributed by atoms with Gasteiger partial charge in [0.25, 0.3) is 11.8 Å². The van der Waals surface area contributed by atoms with Gasteiger partial charge in [0, 0.05) is 42.6 Å². The number of benzene rings is 2. The summed E-state index contributed by atoms with van der Waals surface area (Å²) in [6, 6.07) is 13.7. The molecule has 0 saturated carbocycles. The number of nitrogens with one attached hydrogen (secondary N) is 3. The van der Waals surface area contributed by atoms with Gasteiger partial charge in [0.05, 0.1) is 6.54 Å². The Balaban J connectivity index is 1.87. The SMILES string of the molecule is CCN(CC)C(=O)c1ccc(NCC(=O)Nc2ccc(C(=O)NC)cc2)cc1. The first kappa shape index (κ1) is 21.0. The van der Waals surface area contributed by atoms with Gasteiger partial charge in [-0.25, -0.2) is 0 Å². The van der Waals surface area contributed by atoms with E-state index in [-0.39, 0.29) is 24.3 Å². The molecule has 148 valence electrons. The fraction of sp³-hybridized carbons (Fsp3) is 0.286.